The molecule has 0 saturated carbocycles. The highest BCUT2D eigenvalue weighted by Gasteiger charge is 2.42. The Labute approximate surface area is 193 Å². The van der Waals surface area contributed by atoms with Gasteiger partial charge in [0.1, 0.15) is 6.17 Å². The number of nitrogens with one attached hydrogen (secondary N) is 1. The van der Waals surface area contributed by atoms with E-state index in [9.17, 15) is 9.59 Å². The molecule has 170 valence electrons. The Morgan fingerprint density at radius 3 is 2.36 bits per heavy atom. The minimum Gasteiger partial charge on any atom is -0.493 e. The van der Waals surface area contributed by atoms with E-state index in [-0.39, 0.29) is 11.9 Å². The lowest BCUT2D eigenvalue weighted by Gasteiger charge is -2.44. The van der Waals surface area contributed by atoms with Gasteiger partial charge in [-0.15, -0.1) is 0 Å². The van der Waals surface area contributed by atoms with Crippen LogP contribution in [0.4, 0.5) is 16.2 Å². The molecule has 0 aromatic heterocycles. The molecule has 7 nitrogen and oxygen atoms in total. The third kappa shape index (κ3) is 4.09. The molecule has 3 aromatic carbocycles. The number of amides is 3. The summed E-state index contributed by atoms with van der Waals surface area (Å²) in [5.74, 6) is 0.878. The van der Waals surface area contributed by atoms with Crippen molar-refractivity contribution in [3.05, 3.63) is 83.9 Å². The Morgan fingerprint density at radius 1 is 0.939 bits per heavy atom. The normalized spacial score (nSPS) is 15.1. The van der Waals surface area contributed by atoms with Crippen LogP contribution in [-0.4, -0.2) is 37.6 Å². The van der Waals surface area contributed by atoms with Crippen molar-refractivity contribution >= 4 is 23.3 Å². The first-order valence-corrected chi connectivity index (χ1v) is 10.9. The molecule has 33 heavy (non-hydrogen) atoms. The summed E-state index contributed by atoms with van der Waals surface area (Å²) in [5.41, 5.74) is 2.34. The number of ether oxygens (including phenoxy) is 2. The average molecular weight is 446 g/mol. The molecule has 0 saturated heterocycles. The number of rotatable bonds is 6. The zero-order valence-corrected chi connectivity index (χ0v) is 18.9. The van der Waals surface area contributed by atoms with E-state index in [0.29, 0.717) is 40.5 Å². The molecular weight excluding hydrogens is 418 g/mol. The van der Waals surface area contributed by atoms with Crippen molar-refractivity contribution in [2.45, 2.75) is 19.5 Å². The van der Waals surface area contributed by atoms with Crippen LogP contribution in [0.15, 0.2) is 72.8 Å². The van der Waals surface area contributed by atoms with Gasteiger partial charge in [0.05, 0.1) is 25.5 Å². The maximum Gasteiger partial charge on any atom is 0.328 e. The summed E-state index contributed by atoms with van der Waals surface area (Å²) in [6, 6.07) is 21.6. The number of benzene rings is 3. The molecule has 0 unspecified atom stereocenters. The topological polar surface area (TPSA) is 71.1 Å². The van der Waals surface area contributed by atoms with Crippen molar-refractivity contribution in [2.75, 3.05) is 31.0 Å². The number of fused-ring (bicyclic) bond motifs is 1. The minimum absolute atomic E-state index is 0.133. The van der Waals surface area contributed by atoms with E-state index >= 15 is 0 Å². The third-order valence-electron chi connectivity index (χ3n) is 5.61. The number of methoxy groups -OCH3 is 2. The summed E-state index contributed by atoms with van der Waals surface area (Å²) in [6.07, 6.45) is 0.00583. The van der Waals surface area contributed by atoms with Gasteiger partial charge >= 0.3 is 6.03 Å². The van der Waals surface area contributed by atoms with Gasteiger partial charge in [0.25, 0.3) is 5.91 Å². The number of nitrogens with zero attached hydrogens (tertiary/aromatic N) is 2. The van der Waals surface area contributed by atoms with Crippen molar-refractivity contribution in [2.24, 2.45) is 0 Å². The van der Waals surface area contributed by atoms with Crippen molar-refractivity contribution in [1.29, 1.82) is 0 Å². The first-order valence-electron chi connectivity index (χ1n) is 10.9. The summed E-state index contributed by atoms with van der Waals surface area (Å²) in [5, 5.41) is 2.97. The van der Waals surface area contributed by atoms with Crippen molar-refractivity contribution in [3.63, 3.8) is 0 Å². The summed E-state index contributed by atoms with van der Waals surface area (Å²) in [4.78, 5) is 30.6. The number of hydrogen-bond acceptors (Lipinski definition) is 4. The maximum atomic E-state index is 13.7. The molecule has 0 aliphatic carbocycles. The molecule has 0 spiro atoms. The molecule has 1 aliphatic heterocycles. The number of para-hydroxylation sites is 3. The molecule has 0 fully saturated rings. The molecular formula is C26H27N3O4. The predicted octanol–water partition coefficient (Wildman–Crippen LogP) is 5.31. The number of carbonyl (C=O) groups is 2. The Hall–Kier alpha value is -4.00. The van der Waals surface area contributed by atoms with Gasteiger partial charge in [0.2, 0.25) is 0 Å². The molecule has 1 heterocycles. The van der Waals surface area contributed by atoms with Gasteiger partial charge in [-0.1, -0.05) is 49.4 Å². The predicted molar refractivity (Wildman–Crippen MR) is 128 cm³/mol. The molecule has 3 aromatic rings. The van der Waals surface area contributed by atoms with Crippen LogP contribution in [0.2, 0.25) is 0 Å². The van der Waals surface area contributed by atoms with E-state index in [1.165, 1.54) is 0 Å². The van der Waals surface area contributed by atoms with E-state index in [0.717, 1.165) is 6.42 Å². The number of urea groups is 1. The number of hydrogen-bond donors (Lipinski definition) is 1. The monoisotopic (exact) mass is 445 g/mol. The fourth-order valence-electron chi connectivity index (χ4n) is 4.21. The standard InChI is InChI=1S/C26H27N3O4/c1-4-17-28-24(20-14-10-16-22(32-2)23(20)33-3)29(21-15-9-8-13-19(21)25(28)30)26(31)27-18-11-6-5-7-12-18/h5-16,24H,4,17H2,1-3H3,(H,27,31)/t24-/m1/s1. The summed E-state index contributed by atoms with van der Waals surface area (Å²) < 4.78 is 11.2. The third-order valence-corrected chi connectivity index (χ3v) is 5.61. The Kier molecular flexibility index (Phi) is 6.49. The van der Waals surface area contributed by atoms with Gasteiger partial charge in [-0.2, -0.15) is 0 Å². The Bertz CT molecular complexity index is 1150. The molecule has 3 amide bonds. The number of carbonyl (C=O) groups excluding carboxylic acids is 2. The van der Waals surface area contributed by atoms with Crippen LogP contribution in [0, 0.1) is 0 Å². The fourth-order valence-corrected chi connectivity index (χ4v) is 4.21. The lowest BCUT2D eigenvalue weighted by molar-refractivity contribution is 0.0655. The molecule has 1 aliphatic rings. The van der Waals surface area contributed by atoms with Crippen molar-refractivity contribution in [3.8, 4) is 11.5 Å². The maximum absolute atomic E-state index is 13.7. The van der Waals surface area contributed by atoms with Crippen LogP contribution >= 0.6 is 0 Å². The van der Waals surface area contributed by atoms with E-state index in [4.69, 9.17) is 9.47 Å². The molecule has 7 heteroatoms. The summed E-state index contributed by atoms with van der Waals surface area (Å²) >= 11 is 0. The molecule has 1 atom stereocenters. The summed E-state index contributed by atoms with van der Waals surface area (Å²) in [7, 11) is 3.12. The lowest BCUT2D eigenvalue weighted by atomic mass is 10.00. The van der Waals surface area contributed by atoms with Gasteiger partial charge in [-0.05, 0) is 36.8 Å². The first-order chi connectivity index (χ1) is 16.1. The van der Waals surface area contributed by atoms with Crippen LogP contribution < -0.4 is 19.7 Å². The largest absolute Gasteiger partial charge is 0.493 e. The zero-order valence-electron chi connectivity index (χ0n) is 18.9. The van der Waals surface area contributed by atoms with Crippen LogP contribution in [-0.2, 0) is 0 Å². The summed E-state index contributed by atoms with van der Waals surface area (Å²) in [6.45, 7) is 2.47. The van der Waals surface area contributed by atoms with Gasteiger partial charge in [0, 0.05) is 17.8 Å². The zero-order chi connectivity index (χ0) is 23.4. The van der Waals surface area contributed by atoms with E-state index < -0.39 is 6.17 Å². The highest BCUT2D eigenvalue weighted by atomic mass is 16.5. The smallest absolute Gasteiger partial charge is 0.328 e. The first kappa shape index (κ1) is 22.2. The number of anilines is 2. The molecule has 0 bridgehead atoms. The van der Waals surface area contributed by atoms with Gasteiger partial charge < -0.3 is 19.7 Å². The highest BCUT2D eigenvalue weighted by Crippen LogP contribution is 2.44. The van der Waals surface area contributed by atoms with Gasteiger partial charge in [-0.3, -0.25) is 9.69 Å². The molecule has 1 N–H and O–H groups in total. The quantitative estimate of drug-likeness (QED) is 0.558. The van der Waals surface area contributed by atoms with Crippen LogP contribution in [0.25, 0.3) is 0 Å². The van der Waals surface area contributed by atoms with Gasteiger partial charge in [-0.25, -0.2) is 4.79 Å². The van der Waals surface area contributed by atoms with Crippen LogP contribution in [0.3, 0.4) is 0 Å². The van der Waals surface area contributed by atoms with Crippen molar-refractivity contribution in [1.82, 2.24) is 4.90 Å². The SMILES string of the molecule is CCCN1C(=O)c2ccccc2N(C(=O)Nc2ccccc2)[C@@H]1c1cccc(OC)c1OC. The fraction of sp³-hybridized carbons (Fsp3) is 0.231. The minimum atomic E-state index is -0.721. The average Bonchev–Trinajstić information content (AvgIpc) is 2.85. The van der Waals surface area contributed by atoms with E-state index in [1.54, 1.807) is 48.3 Å². The van der Waals surface area contributed by atoms with Crippen LogP contribution in [0.5, 0.6) is 11.5 Å². The Morgan fingerprint density at radius 2 is 1.67 bits per heavy atom. The van der Waals surface area contributed by atoms with E-state index in [2.05, 4.69) is 5.32 Å². The lowest BCUT2D eigenvalue weighted by Crippen LogP contribution is -2.53. The van der Waals surface area contributed by atoms with Crippen LogP contribution in [0.1, 0.15) is 35.4 Å². The van der Waals surface area contributed by atoms with Crippen molar-refractivity contribution < 1.29 is 19.1 Å². The highest BCUT2D eigenvalue weighted by molar-refractivity contribution is 6.11. The Balaban J connectivity index is 1.91. The molecule has 4 rings (SSSR count). The second-order valence-corrected chi connectivity index (χ2v) is 7.64. The van der Waals surface area contributed by atoms with Gasteiger partial charge in [0.15, 0.2) is 11.5 Å². The molecule has 0 radical (unpaired) electrons. The second kappa shape index (κ2) is 9.65. The second-order valence-electron chi connectivity index (χ2n) is 7.64. The van der Waals surface area contributed by atoms with E-state index in [1.807, 2.05) is 55.5 Å².